The number of esters is 1. The Balaban J connectivity index is 2.66. The van der Waals surface area contributed by atoms with Gasteiger partial charge in [0.05, 0.1) is 24.0 Å². The number of hydrogen-bond donors (Lipinski definition) is 0. The van der Waals surface area contributed by atoms with E-state index in [-0.39, 0.29) is 0 Å². The summed E-state index contributed by atoms with van der Waals surface area (Å²) in [5.74, 6) is 0.158. The van der Waals surface area contributed by atoms with Crippen molar-refractivity contribution in [1.82, 2.24) is 8.75 Å². The molecule has 0 spiro atoms. The molecule has 1 aromatic rings. The SMILES string of the molecule is CCOC(=O)c1nsnc1CCCCl. The monoisotopic (exact) mass is 234 g/mol. The van der Waals surface area contributed by atoms with Gasteiger partial charge in [-0.05, 0) is 19.8 Å². The second kappa shape index (κ2) is 5.93. The summed E-state index contributed by atoms with van der Waals surface area (Å²) in [6, 6.07) is 0. The van der Waals surface area contributed by atoms with Crippen LogP contribution in [-0.2, 0) is 11.2 Å². The van der Waals surface area contributed by atoms with Crippen molar-refractivity contribution in [3.63, 3.8) is 0 Å². The molecule has 14 heavy (non-hydrogen) atoms. The van der Waals surface area contributed by atoms with E-state index in [9.17, 15) is 4.79 Å². The van der Waals surface area contributed by atoms with Gasteiger partial charge in [0.15, 0.2) is 5.69 Å². The molecule has 1 heterocycles. The quantitative estimate of drug-likeness (QED) is 0.577. The Bertz CT molecular complexity index is 303. The number of halogens is 1. The molecule has 6 heteroatoms. The number of alkyl halides is 1. The zero-order valence-electron chi connectivity index (χ0n) is 7.83. The van der Waals surface area contributed by atoms with Crippen LogP contribution in [-0.4, -0.2) is 27.2 Å². The molecule has 1 aromatic heterocycles. The number of ether oxygens (including phenoxy) is 1. The molecular weight excluding hydrogens is 224 g/mol. The van der Waals surface area contributed by atoms with E-state index in [1.165, 1.54) is 0 Å². The molecule has 0 amide bonds. The first-order valence-electron chi connectivity index (χ1n) is 4.34. The van der Waals surface area contributed by atoms with E-state index in [0.717, 1.165) is 18.1 Å². The highest BCUT2D eigenvalue weighted by Crippen LogP contribution is 2.10. The number of rotatable bonds is 5. The van der Waals surface area contributed by atoms with Crippen LogP contribution in [0.2, 0.25) is 0 Å². The first kappa shape index (κ1) is 11.4. The van der Waals surface area contributed by atoms with Crippen molar-refractivity contribution < 1.29 is 9.53 Å². The normalized spacial score (nSPS) is 10.1. The van der Waals surface area contributed by atoms with E-state index in [1.807, 2.05) is 0 Å². The number of hydrogen-bond acceptors (Lipinski definition) is 5. The lowest BCUT2D eigenvalue weighted by Gasteiger charge is -1.99. The van der Waals surface area contributed by atoms with Crippen LogP contribution >= 0.6 is 23.3 Å². The van der Waals surface area contributed by atoms with Crippen LogP contribution in [0.3, 0.4) is 0 Å². The molecule has 0 aliphatic rings. The van der Waals surface area contributed by atoms with E-state index in [4.69, 9.17) is 16.3 Å². The Morgan fingerprint density at radius 1 is 1.57 bits per heavy atom. The number of carbonyl (C=O) groups is 1. The van der Waals surface area contributed by atoms with Gasteiger partial charge in [0.2, 0.25) is 0 Å². The molecule has 0 atom stereocenters. The molecule has 0 saturated carbocycles. The average molecular weight is 235 g/mol. The third kappa shape index (κ3) is 2.92. The van der Waals surface area contributed by atoms with Crippen LogP contribution < -0.4 is 0 Å². The van der Waals surface area contributed by atoms with E-state index in [0.29, 0.717) is 30.3 Å². The molecule has 0 saturated heterocycles. The van der Waals surface area contributed by atoms with Crippen molar-refractivity contribution in [2.45, 2.75) is 19.8 Å². The van der Waals surface area contributed by atoms with Gasteiger partial charge in [0.1, 0.15) is 0 Å². The molecule has 0 fully saturated rings. The van der Waals surface area contributed by atoms with Gasteiger partial charge in [-0.3, -0.25) is 0 Å². The van der Waals surface area contributed by atoms with Gasteiger partial charge in [-0.15, -0.1) is 11.6 Å². The Morgan fingerprint density at radius 3 is 3.00 bits per heavy atom. The van der Waals surface area contributed by atoms with E-state index in [1.54, 1.807) is 6.92 Å². The van der Waals surface area contributed by atoms with Gasteiger partial charge in [-0.1, -0.05) is 0 Å². The highest BCUT2D eigenvalue weighted by atomic mass is 35.5. The van der Waals surface area contributed by atoms with Crippen molar-refractivity contribution in [1.29, 1.82) is 0 Å². The maximum absolute atomic E-state index is 11.3. The fraction of sp³-hybridized carbons (Fsp3) is 0.625. The standard InChI is InChI=1S/C8H11ClN2O2S/c1-2-13-8(12)7-6(4-3-5-9)10-14-11-7/h2-5H2,1H3. The number of carbonyl (C=O) groups excluding carboxylic acids is 1. The lowest BCUT2D eigenvalue weighted by atomic mass is 10.2. The van der Waals surface area contributed by atoms with Crippen LogP contribution in [0.1, 0.15) is 29.5 Å². The van der Waals surface area contributed by atoms with Crippen LogP contribution in [0.5, 0.6) is 0 Å². The maximum atomic E-state index is 11.3. The summed E-state index contributed by atoms with van der Waals surface area (Å²) >= 11 is 6.58. The van der Waals surface area contributed by atoms with E-state index >= 15 is 0 Å². The minimum absolute atomic E-state index is 0.335. The topological polar surface area (TPSA) is 52.1 Å². The Kier molecular flexibility index (Phi) is 4.82. The summed E-state index contributed by atoms with van der Waals surface area (Å²) in [6.45, 7) is 2.11. The van der Waals surface area contributed by atoms with Crippen molar-refractivity contribution in [2.75, 3.05) is 12.5 Å². The molecule has 4 nitrogen and oxygen atoms in total. The highest BCUT2D eigenvalue weighted by Gasteiger charge is 2.16. The van der Waals surface area contributed by atoms with Crippen molar-refractivity contribution >= 4 is 29.3 Å². The van der Waals surface area contributed by atoms with Crippen LogP contribution in [0.4, 0.5) is 0 Å². The highest BCUT2D eigenvalue weighted by molar-refractivity contribution is 6.99. The third-order valence-corrected chi connectivity index (χ3v) is 2.41. The number of nitrogens with zero attached hydrogens (tertiary/aromatic N) is 2. The first-order valence-corrected chi connectivity index (χ1v) is 5.60. The molecule has 0 bridgehead atoms. The minimum atomic E-state index is -0.397. The fourth-order valence-corrected chi connectivity index (χ4v) is 1.67. The second-order valence-corrected chi connectivity index (χ2v) is 3.48. The first-order chi connectivity index (χ1) is 6.79. The second-order valence-electron chi connectivity index (χ2n) is 2.57. The van der Waals surface area contributed by atoms with Crippen molar-refractivity contribution in [3.05, 3.63) is 11.4 Å². The molecule has 78 valence electrons. The lowest BCUT2D eigenvalue weighted by molar-refractivity contribution is 0.0519. The van der Waals surface area contributed by atoms with Gasteiger partial charge in [-0.2, -0.15) is 8.75 Å². The predicted octanol–water partition coefficient (Wildman–Crippen LogP) is 1.89. The molecule has 0 unspecified atom stereocenters. The van der Waals surface area contributed by atoms with Gasteiger partial charge < -0.3 is 4.74 Å². The molecule has 0 aliphatic carbocycles. The van der Waals surface area contributed by atoms with Crippen molar-refractivity contribution in [2.24, 2.45) is 0 Å². The molecule has 0 aromatic carbocycles. The Morgan fingerprint density at radius 2 is 2.36 bits per heavy atom. The van der Waals surface area contributed by atoms with E-state index in [2.05, 4.69) is 8.75 Å². The molecule has 0 radical (unpaired) electrons. The largest absolute Gasteiger partial charge is 0.461 e. The summed E-state index contributed by atoms with van der Waals surface area (Å²) < 4.78 is 12.8. The number of aromatic nitrogens is 2. The summed E-state index contributed by atoms with van der Waals surface area (Å²) in [4.78, 5) is 11.3. The van der Waals surface area contributed by atoms with Gasteiger partial charge in [0.25, 0.3) is 0 Å². The fourth-order valence-electron chi connectivity index (χ4n) is 0.959. The Labute approximate surface area is 91.6 Å². The molecular formula is C8H11ClN2O2S. The summed E-state index contributed by atoms with van der Waals surface area (Å²) in [7, 11) is 0. The number of aryl methyl sites for hydroxylation is 1. The summed E-state index contributed by atoms with van der Waals surface area (Å²) in [5, 5.41) is 0. The van der Waals surface area contributed by atoms with Crippen LogP contribution in [0.25, 0.3) is 0 Å². The van der Waals surface area contributed by atoms with Crippen LogP contribution in [0.15, 0.2) is 0 Å². The van der Waals surface area contributed by atoms with Gasteiger partial charge in [-0.25, -0.2) is 4.79 Å². The van der Waals surface area contributed by atoms with E-state index < -0.39 is 5.97 Å². The third-order valence-electron chi connectivity index (χ3n) is 1.57. The zero-order chi connectivity index (χ0) is 10.4. The summed E-state index contributed by atoms with van der Waals surface area (Å²) in [5.41, 5.74) is 1.02. The zero-order valence-corrected chi connectivity index (χ0v) is 9.40. The lowest BCUT2D eigenvalue weighted by Crippen LogP contribution is -2.08. The Hall–Kier alpha value is -0.680. The molecule has 0 N–H and O–H groups in total. The van der Waals surface area contributed by atoms with Crippen molar-refractivity contribution in [3.8, 4) is 0 Å². The predicted molar refractivity (Wildman–Crippen MR) is 54.9 cm³/mol. The van der Waals surface area contributed by atoms with Gasteiger partial charge in [0, 0.05) is 5.88 Å². The maximum Gasteiger partial charge on any atom is 0.360 e. The molecule has 1 rings (SSSR count). The smallest absolute Gasteiger partial charge is 0.360 e. The molecule has 0 aliphatic heterocycles. The van der Waals surface area contributed by atoms with Gasteiger partial charge >= 0.3 is 5.97 Å². The minimum Gasteiger partial charge on any atom is -0.461 e. The summed E-state index contributed by atoms with van der Waals surface area (Å²) in [6.07, 6.45) is 1.47. The van der Waals surface area contributed by atoms with Crippen LogP contribution in [0, 0.1) is 0 Å². The average Bonchev–Trinajstić information content (AvgIpc) is 2.63.